The molecule has 2 aromatic rings. The van der Waals surface area contributed by atoms with E-state index in [9.17, 15) is 4.79 Å². The quantitative estimate of drug-likeness (QED) is 0.786. The first-order valence-corrected chi connectivity index (χ1v) is 9.87. The fourth-order valence-corrected chi connectivity index (χ4v) is 3.57. The highest BCUT2D eigenvalue weighted by Gasteiger charge is 2.24. The van der Waals surface area contributed by atoms with Gasteiger partial charge in [0.05, 0.1) is 32.1 Å². The van der Waals surface area contributed by atoms with Gasteiger partial charge in [-0.3, -0.25) is 9.78 Å². The maximum atomic E-state index is 12.3. The molecule has 7 heteroatoms. The lowest BCUT2D eigenvalue weighted by atomic mass is 10.1. The molecule has 0 bridgehead atoms. The number of morpholine rings is 2. The number of ether oxygens (including phenoxy) is 2. The van der Waals surface area contributed by atoms with Crippen molar-refractivity contribution < 1.29 is 14.3 Å². The summed E-state index contributed by atoms with van der Waals surface area (Å²) in [5, 5.41) is 0. The average Bonchev–Trinajstić information content (AvgIpc) is 2.79. The second-order valence-corrected chi connectivity index (χ2v) is 7.08. The Balaban J connectivity index is 1.32. The molecule has 4 heterocycles. The van der Waals surface area contributed by atoms with E-state index >= 15 is 0 Å². The van der Waals surface area contributed by atoms with Gasteiger partial charge in [-0.1, -0.05) is 12.1 Å². The van der Waals surface area contributed by atoms with Crippen LogP contribution in [0.4, 0.5) is 5.82 Å². The number of amides is 1. The maximum Gasteiger partial charge on any atom is 0.223 e. The minimum absolute atomic E-state index is 0.0696. The van der Waals surface area contributed by atoms with Crippen LogP contribution in [0.1, 0.15) is 23.8 Å². The Hall–Kier alpha value is -2.51. The topological polar surface area (TPSA) is 67.8 Å². The first kappa shape index (κ1) is 18.8. The molecular weight excluding hydrogens is 356 g/mol. The van der Waals surface area contributed by atoms with Gasteiger partial charge >= 0.3 is 0 Å². The number of hydrogen-bond acceptors (Lipinski definition) is 6. The van der Waals surface area contributed by atoms with Gasteiger partial charge in [0.2, 0.25) is 5.91 Å². The van der Waals surface area contributed by atoms with Crippen molar-refractivity contribution in [1.29, 1.82) is 0 Å². The normalized spacial score (nSPS) is 20.2. The summed E-state index contributed by atoms with van der Waals surface area (Å²) in [6, 6.07) is 10.0. The lowest BCUT2D eigenvalue weighted by molar-refractivity contribution is -0.135. The summed E-state index contributed by atoms with van der Waals surface area (Å²) in [4.78, 5) is 25.4. The zero-order chi connectivity index (χ0) is 19.2. The molecule has 7 nitrogen and oxygen atoms in total. The molecule has 2 aromatic heterocycles. The SMILES string of the molecule is O=C(CCc1ccc(C2CN(c3ccccn3)CCO2)nc1)N1CCOCC1. The Morgan fingerprint density at radius 1 is 1.07 bits per heavy atom. The second-order valence-electron chi connectivity index (χ2n) is 7.08. The Labute approximate surface area is 165 Å². The third-order valence-corrected chi connectivity index (χ3v) is 5.21. The highest BCUT2D eigenvalue weighted by Crippen LogP contribution is 2.24. The number of pyridine rings is 2. The Kier molecular flexibility index (Phi) is 6.14. The molecular formula is C21H26N4O3. The first-order chi connectivity index (χ1) is 13.8. The molecule has 1 unspecified atom stereocenters. The van der Waals surface area contributed by atoms with Gasteiger partial charge in [0, 0.05) is 38.4 Å². The molecule has 0 spiro atoms. The van der Waals surface area contributed by atoms with Crippen molar-refractivity contribution in [3.8, 4) is 0 Å². The van der Waals surface area contributed by atoms with Crippen molar-refractivity contribution in [3.05, 3.63) is 54.0 Å². The van der Waals surface area contributed by atoms with Gasteiger partial charge in [0.25, 0.3) is 0 Å². The van der Waals surface area contributed by atoms with Crippen LogP contribution in [-0.2, 0) is 20.7 Å². The van der Waals surface area contributed by atoms with Crippen molar-refractivity contribution in [1.82, 2.24) is 14.9 Å². The molecule has 148 valence electrons. The highest BCUT2D eigenvalue weighted by atomic mass is 16.5. The van der Waals surface area contributed by atoms with E-state index in [2.05, 4.69) is 20.9 Å². The molecule has 0 saturated carbocycles. The molecule has 2 aliphatic heterocycles. The van der Waals surface area contributed by atoms with Gasteiger partial charge in [-0.05, 0) is 30.2 Å². The highest BCUT2D eigenvalue weighted by molar-refractivity contribution is 5.76. The molecule has 4 rings (SSSR count). The van der Waals surface area contributed by atoms with Gasteiger partial charge in [0.1, 0.15) is 11.9 Å². The zero-order valence-electron chi connectivity index (χ0n) is 16.0. The molecule has 2 saturated heterocycles. The molecule has 1 atom stereocenters. The maximum absolute atomic E-state index is 12.3. The minimum atomic E-state index is -0.0696. The van der Waals surface area contributed by atoms with E-state index in [4.69, 9.17) is 9.47 Å². The van der Waals surface area contributed by atoms with E-state index in [1.807, 2.05) is 41.6 Å². The van der Waals surface area contributed by atoms with Gasteiger partial charge in [-0.25, -0.2) is 4.98 Å². The third kappa shape index (κ3) is 4.66. The summed E-state index contributed by atoms with van der Waals surface area (Å²) in [6.07, 6.45) is 4.82. The lowest BCUT2D eigenvalue weighted by Gasteiger charge is -2.33. The largest absolute Gasteiger partial charge is 0.378 e. The zero-order valence-corrected chi connectivity index (χ0v) is 16.0. The Bertz CT molecular complexity index is 763. The number of nitrogens with zero attached hydrogens (tertiary/aromatic N) is 4. The number of aryl methyl sites for hydroxylation is 1. The molecule has 0 aromatic carbocycles. The van der Waals surface area contributed by atoms with Crippen LogP contribution in [0.25, 0.3) is 0 Å². The predicted octanol–water partition coefficient (Wildman–Crippen LogP) is 1.85. The fraction of sp³-hybridized carbons (Fsp3) is 0.476. The number of aromatic nitrogens is 2. The fourth-order valence-electron chi connectivity index (χ4n) is 3.57. The number of anilines is 1. The van der Waals surface area contributed by atoms with Crippen molar-refractivity contribution >= 4 is 11.7 Å². The van der Waals surface area contributed by atoms with E-state index in [1.165, 1.54) is 0 Å². The van der Waals surface area contributed by atoms with Gasteiger partial charge < -0.3 is 19.3 Å². The van der Waals surface area contributed by atoms with Crippen LogP contribution in [0.3, 0.4) is 0 Å². The lowest BCUT2D eigenvalue weighted by Crippen LogP contribution is -2.40. The summed E-state index contributed by atoms with van der Waals surface area (Å²) in [7, 11) is 0. The monoisotopic (exact) mass is 382 g/mol. The standard InChI is InChI=1S/C21H26N4O3/c26-21(24-9-12-27-13-10-24)7-5-17-4-6-18(23-15-17)19-16-25(11-14-28-19)20-3-1-2-8-22-20/h1-4,6,8,15,19H,5,7,9-14,16H2. The van der Waals surface area contributed by atoms with Crippen molar-refractivity contribution in [2.75, 3.05) is 50.9 Å². The molecule has 28 heavy (non-hydrogen) atoms. The van der Waals surface area contributed by atoms with Crippen LogP contribution in [0, 0.1) is 0 Å². The van der Waals surface area contributed by atoms with E-state index in [-0.39, 0.29) is 12.0 Å². The van der Waals surface area contributed by atoms with Crippen LogP contribution in [-0.4, -0.2) is 66.8 Å². The van der Waals surface area contributed by atoms with Gasteiger partial charge in [-0.2, -0.15) is 0 Å². The summed E-state index contributed by atoms with van der Waals surface area (Å²) in [6.45, 7) is 4.88. The summed E-state index contributed by atoms with van der Waals surface area (Å²) in [5.74, 6) is 1.16. The Morgan fingerprint density at radius 3 is 2.71 bits per heavy atom. The number of rotatable bonds is 5. The van der Waals surface area contributed by atoms with E-state index in [1.54, 1.807) is 0 Å². The Morgan fingerprint density at radius 2 is 1.96 bits per heavy atom. The van der Waals surface area contributed by atoms with Crippen LogP contribution >= 0.6 is 0 Å². The van der Waals surface area contributed by atoms with Crippen molar-refractivity contribution in [2.45, 2.75) is 18.9 Å². The molecule has 0 aliphatic carbocycles. The number of carbonyl (C=O) groups excluding carboxylic acids is 1. The van der Waals surface area contributed by atoms with E-state index in [0.29, 0.717) is 45.8 Å². The summed E-state index contributed by atoms with van der Waals surface area (Å²) >= 11 is 0. The molecule has 2 fully saturated rings. The van der Waals surface area contributed by atoms with Crippen LogP contribution in [0.15, 0.2) is 42.7 Å². The van der Waals surface area contributed by atoms with Gasteiger partial charge in [-0.15, -0.1) is 0 Å². The smallest absolute Gasteiger partial charge is 0.223 e. The summed E-state index contributed by atoms with van der Waals surface area (Å²) < 4.78 is 11.2. The predicted molar refractivity (Wildman–Crippen MR) is 105 cm³/mol. The average molecular weight is 382 g/mol. The number of hydrogen-bond donors (Lipinski definition) is 0. The third-order valence-electron chi connectivity index (χ3n) is 5.21. The molecule has 0 radical (unpaired) electrons. The minimum Gasteiger partial charge on any atom is -0.378 e. The van der Waals surface area contributed by atoms with Crippen molar-refractivity contribution in [3.63, 3.8) is 0 Å². The molecule has 2 aliphatic rings. The van der Waals surface area contributed by atoms with Gasteiger partial charge in [0.15, 0.2) is 0 Å². The number of carbonyl (C=O) groups is 1. The van der Waals surface area contributed by atoms with Crippen LogP contribution in [0.2, 0.25) is 0 Å². The van der Waals surface area contributed by atoms with Crippen LogP contribution < -0.4 is 4.90 Å². The molecule has 1 amide bonds. The second kappa shape index (κ2) is 9.12. The summed E-state index contributed by atoms with van der Waals surface area (Å²) in [5.41, 5.74) is 1.99. The molecule has 0 N–H and O–H groups in total. The van der Waals surface area contributed by atoms with Crippen molar-refractivity contribution in [2.24, 2.45) is 0 Å². The van der Waals surface area contributed by atoms with E-state index < -0.39 is 0 Å². The van der Waals surface area contributed by atoms with Crippen LogP contribution in [0.5, 0.6) is 0 Å². The van der Waals surface area contributed by atoms with E-state index in [0.717, 1.165) is 30.2 Å². The first-order valence-electron chi connectivity index (χ1n) is 9.87.